The molecule has 6 heteroatoms. The van der Waals surface area contributed by atoms with Crippen molar-refractivity contribution in [1.82, 2.24) is 9.97 Å². The van der Waals surface area contributed by atoms with Gasteiger partial charge in [-0.15, -0.1) is 0 Å². The van der Waals surface area contributed by atoms with Crippen LogP contribution in [0.25, 0.3) is 44.3 Å². The number of rotatable bonds is 4. The van der Waals surface area contributed by atoms with Crippen molar-refractivity contribution >= 4 is 49.2 Å². The van der Waals surface area contributed by atoms with Gasteiger partial charge in [-0.2, -0.15) is 0 Å². The molecule has 8 aromatic rings. The van der Waals surface area contributed by atoms with Gasteiger partial charge in [0, 0.05) is 38.8 Å². The summed E-state index contributed by atoms with van der Waals surface area (Å²) in [4.78, 5) is 18.2. The van der Waals surface area contributed by atoms with E-state index in [2.05, 4.69) is 163 Å². The Balaban J connectivity index is 0.000000394. The van der Waals surface area contributed by atoms with Gasteiger partial charge in [0.05, 0.1) is 4.83 Å². The smallest absolute Gasteiger partial charge is 0.176 e. The zero-order valence-corrected chi connectivity index (χ0v) is 40.2. The van der Waals surface area contributed by atoms with E-state index in [4.69, 9.17) is 0 Å². The highest BCUT2D eigenvalue weighted by molar-refractivity contribution is 9.10. The number of aryl methyl sites for hydroxylation is 5. The van der Waals surface area contributed by atoms with Crippen LogP contribution < -0.4 is 18.1 Å². The van der Waals surface area contributed by atoms with Crippen LogP contribution in [0.1, 0.15) is 86.6 Å². The number of ketones is 1. The molecule has 0 fully saturated rings. The van der Waals surface area contributed by atoms with E-state index in [9.17, 15) is 4.79 Å². The molecule has 2 heterocycles. The second-order valence-corrected chi connectivity index (χ2v) is 14.8. The molecule has 0 aliphatic carbocycles. The van der Waals surface area contributed by atoms with Crippen LogP contribution in [0, 0.1) is 34.6 Å². The van der Waals surface area contributed by atoms with Crippen LogP contribution in [0.4, 0.5) is 5.69 Å². The second-order valence-electron chi connectivity index (χ2n) is 13.4. The monoisotopic (exact) mass is 887 g/mol. The summed E-state index contributed by atoms with van der Waals surface area (Å²) < 4.78 is 0. The van der Waals surface area contributed by atoms with Crippen LogP contribution in [0.3, 0.4) is 0 Å². The first-order chi connectivity index (χ1) is 28.5. The van der Waals surface area contributed by atoms with Gasteiger partial charge in [0.2, 0.25) is 0 Å². The zero-order chi connectivity index (χ0) is 43.9. The maximum Gasteiger partial charge on any atom is 0.176 e. The Bertz CT molecular complexity index is 2240. The Morgan fingerprint density at radius 1 is 0.500 bits per heavy atom. The summed E-state index contributed by atoms with van der Waals surface area (Å²) in [7, 11) is 0. The number of nitrogens with one attached hydrogen (secondary N) is 2. The van der Waals surface area contributed by atoms with Gasteiger partial charge in [-0.05, 0) is 100 Å². The van der Waals surface area contributed by atoms with E-state index in [0.717, 1.165) is 11.3 Å². The molecule has 0 saturated heterocycles. The van der Waals surface area contributed by atoms with E-state index in [-0.39, 0.29) is 23.0 Å². The van der Waals surface area contributed by atoms with Gasteiger partial charge < -0.3 is 28.1 Å². The molecule has 0 bridgehead atoms. The first-order valence-electron chi connectivity index (χ1n) is 20.9. The fraction of sp³-hybridized carbons (Fsp3) is 0.241. The molecule has 4 nitrogen and oxygen atoms in total. The van der Waals surface area contributed by atoms with E-state index >= 15 is 0 Å². The Morgan fingerprint density at radius 3 is 1.17 bits per heavy atom. The third-order valence-corrected chi connectivity index (χ3v) is 9.51. The van der Waals surface area contributed by atoms with Crippen molar-refractivity contribution < 1.29 is 22.9 Å². The van der Waals surface area contributed by atoms with Crippen molar-refractivity contribution in [2.24, 2.45) is 0 Å². The predicted molar refractivity (Wildman–Crippen MR) is 263 cm³/mol. The summed E-state index contributed by atoms with van der Waals surface area (Å²) in [6.45, 7) is 24.5. The molecule has 8 rings (SSSR count). The van der Waals surface area contributed by atoms with Crippen LogP contribution in [0.2, 0.25) is 0 Å². The number of fused-ring (bicyclic) bond motifs is 2. The lowest BCUT2D eigenvalue weighted by molar-refractivity contribution is -0.254. The van der Waals surface area contributed by atoms with Crippen LogP contribution in [0.15, 0.2) is 152 Å². The molecule has 6 aromatic carbocycles. The minimum absolute atomic E-state index is 0. The molecule has 318 valence electrons. The number of aromatic nitrogens is 2. The third-order valence-electron chi connectivity index (χ3n) is 9.09. The number of quaternary nitrogens is 1. The topological polar surface area (TPSA) is 76.3 Å². The summed E-state index contributed by atoms with van der Waals surface area (Å²) in [5, 5.41) is 2.65. The van der Waals surface area contributed by atoms with Crippen LogP contribution in [-0.2, 0) is 0 Å². The normalized spacial score (nSPS) is 10.0. The van der Waals surface area contributed by atoms with Crippen molar-refractivity contribution in [3.8, 4) is 22.5 Å². The lowest BCUT2D eigenvalue weighted by Gasteiger charge is -2.00. The number of carbonyl (C=O) groups excluding carboxylic acids is 1. The molecule has 1 unspecified atom stereocenters. The van der Waals surface area contributed by atoms with E-state index in [1.54, 1.807) is 0 Å². The SMILES string of the molecule is CC.CC.CC.CC(Br)C(=O)c1ccccc1.Cc1ccc([NH3+])cc1.Cc1ccc2[nH]c(-c3ccccc3)c(C)c2c1.Cc1ccc2[nH]c(-c3ccccc3)c(C)c2c1.[Cl-]. The summed E-state index contributed by atoms with van der Waals surface area (Å²) in [5.74, 6) is 0.130. The highest BCUT2D eigenvalue weighted by Gasteiger charge is 2.11. The van der Waals surface area contributed by atoms with Crippen LogP contribution in [-0.4, -0.2) is 20.6 Å². The number of aromatic amines is 2. The molecule has 0 aliphatic rings. The summed E-state index contributed by atoms with van der Waals surface area (Å²) in [6.07, 6.45) is 0. The lowest BCUT2D eigenvalue weighted by atomic mass is 10.1. The Hall–Kier alpha value is -5.20. The standard InChI is InChI=1S/2C16H15N.C9H9BrO.C7H9N.3C2H6.ClH/c2*1-11-8-9-15-14(10-11)12(2)16(17-15)13-6-4-3-5-7-13;1-7(10)9(11)8-5-3-2-4-6-8;1-6-2-4-7(8)5-3-6;3*1-2;/h2*3-10,17H,1-2H3;2-7H,1H3;2-5H,8H2,1H3;3*1-2H3;1H. The van der Waals surface area contributed by atoms with E-state index in [1.807, 2.05) is 103 Å². The molecule has 0 amide bonds. The van der Waals surface area contributed by atoms with Crippen molar-refractivity contribution in [3.63, 3.8) is 0 Å². The van der Waals surface area contributed by atoms with Crippen molar-refractivity contribution in [1.29, 1.82) is 0 Å². The first-order valence-corrected chi connectivity index (χ1v) is 21.8. The predicted octanol–water partition coefficient (Wildman–Crippen LogP) is 12.5. The lowest BCUT2D eigenvalue weighted by Crippen LogP contribution is -3.00. The van der Waals surface area contributed by atoms with Gasteiger partial charge in [0.15, 0.2) is 5.78 Å². The number of H-pyrrole nitrogens is 2. The minimum atomic E-state index is -0.0927. The summed E-state index contributed by atoms with van der Waals surface area (Å²) in [5.41, 5.74) is 19.5. The highest BCUT2D eigenvalue weighted by atomic mass is 79.9. The number of hydrogen-bond acceptors (Lipinski definition) is 1. The number of Topliss-reactive ketones (excluding diaryl/α,β-unsaturated/α-hetero) is 1. The molecule has 2 aromatic heterocycles. The zero-order valence-electron chi connectivity index (χ0n) is 37.9. The largest absolute Gasteiger partial charge is 1.00 e. The molecule has 0 spiro atoms. The molecule has 0 aliphatic heterocycles. The molecular weight excluding hydrogens is 822 g/mol. The van der Waals surface area contributed by atoms with Gasteiger partial charge in [0.25, 0.3) is 0 Å². The van der Waals surface area contributed by atoms with Crippen molar-refractivity contribution in [2.75, 3.05) is 0 Å². The number of hydrogen-bond donors (Lipinski definition) is 3. The maximum atomic E-state index is 11.3. The van der Waals surface area contributed by atoms with E-state index < -0.39 is 0 Å². The van der Waals surface area contributed by atoms with Crippen LogP contribution in [0.5, 0.6) is 0 Å². The fourth-order valence-corrected chi connectivity index (χ4v) is 6.35. The minimum Gasteiger partial charge on any atom is -1.00 e. The molecule has 60 heavy (non-hydrogen) atoms. The van der Waals surface area contributed by atoms with Crippen molar-refractivity contribution in [3.05, 3.63) is 185 Å². The number of halogens is 2. The van der Waals surface area contributed by atoms with Gasteiger partial charge in [0.1, 0.15) is 5.69 Å². The molecule has 5 N–H and O–H groups in total. The van der Waals surface area contributed by atoms with E-state index in [0.29, 0.717) is 0 Å². The first kappa shape index (κ1) is 52.8. The Kier molecular flexibility index (Phi) is 24.9. The average Bonchev–Trinajstić information content (AvgIpc) is 3.80. The van der Waals surface area contributed by atoms with Gasteiger partial charge in [-0.25, -0.2) is 0 Å². The van der Waals surface area contributed by atoms with Crippen molar-refractivity contribution in [2.45, 2.75) is 87.9 Å². The third kappa shape index (κ3) is 15.8. The average molecular weight is 890 g/mol. The quantitative estimate of drug-likeness (QED) is 0.119. The highest BCUT2D eigenvalue weighted by Crippen LogP contribution is 2.31. The van der Waals surface area contributed by atoms with Gasteiger partial charge in [-0.1, -0.05) is 189 Å². The summed E-state index contributed by atoms with van der Waals surface area (Å²) in [6, 6.07) is 51.5. The van der Waals surface area contributed by atoms with Crippen LogP contribution >= 0.6 is 15.9 Å². The molecule has 0 saturated carbocycles. The van der Waals surface area contributed by atoms with Gasteiger partial charge >= 0.3 is 0 Å². The number of alkyl halides is 1. The Morgan fingerprint density at radius 2 is 0.833 bits per heavy atom. The Labute approximate surface area is 375 Å². The molecule has 1 atom stereocenters. The molecule has 0 radical (unpaired) electrons. The maximum absolute atomic E-state index is 11.3. The fourth-order valence-electron chi connectivity index (χ4n) is 6.09. The van der Waals surface area contributed by atoms with E-state index in [1.165, 1.54) is 72.1 Å². The number of carbonyl (C=O) groups is 1. The number of benzene rings is 6. The van der Waals surface area contributed by atoms with Gasteiger partial charge in [-0.3, -0.25) is 4.79 Å². The molecular formula is C54H67BrClN3O. The summed E-state index contributed by atoms with van der Waals surface area (Å²) >= 11 is 3.23. The second kappa shape index (κ2) is 28.3.